The zero-order valence-corrected chi connectivity index (χ0v) is 20.2. The first-order chi connectivity index (χ1) is 16.6. The van der Waals surface area contributed by atoms with Crippen molar-refractivity contribution >= 4 is 35.2 Å². The number of hydrogen-bond donors (Lipinski definition) is 3. The molecule has 2 fully saturated rings. The number of aliphatic imine (C=N–C) groups is 1. The number of nitrogens with zero attached hydrogens (tertiary/aromatic N) is 3. The average molecular weight is 473 g/mol. The molecule has 8 heteroatoms. The van der Waals surface area contributed by atoms with Gasteiger partial charge in [-0.2, -0.15) is 4.98 Å². The van der Waals surface area contributed by atoms with E-state index in [1.807, 2.05) is 24.3 Å². The van der Waals surface area contributed by atoms with Gasteiger partial charge in [-0.15, -0.1) is 0 Å². The zero-order valence-electron chi connectivity index (χ0n) is 19.3. The number of nitrogens with one attached hydrogen (secondary N) is 2. The summed E-state index contributed by atoms with van der Waals surface area (Å²) < 4.78 is 8.69. The minimum atomic E-state index is 0.292. The Morgan fingerprint density at radius 3 is 2.41 bits per heavy atom. The Morgan fingerprint density at radius 1 is 1.09 bits per heavy atom. The van der Waals surface area contributed by atoms with Crippen molar-refractivity contribution in [3.05, 3.63) is 71.9 Å². The molecule has 0 spiro atoms. The summed E-state index contributed by atoms with van der Waals surface area (Å²) in [7, 11) is 0. The second-order valence-corrected chi connectivity index (χ2v) is 9.71. The zero-order chi connectivity index (χ0) is 23.5. The van der Waals surface area contributed by atoms with Crippen LogP contribution < -0.4 is 15.8 Å². The van der Waals surface area contributed by atoms with Crippen molar-refractivity contribution < 1.29 is 4.52 Å². The van der Waals surface area contributed by atoms with Crippen molar-refractivity contribution in [1.82, 2.24) is 10.1 Å². The monoisotopic (exact) mass is 472 g/mol. The highest BCUT2D eigenvalue weighted by molar-refractivity contribution is 8.00. The van der Waals surface area contributed by atoms with Gasteiger partial charge in [0, 0.05) is 45.4 Å². The van der Waals surface area contributed by atoms with Crippen LogP contribution in [0.4, 0.5) is 11.4 Å². The summed E-state index contributed by atoms with van der Waals surface area (Å²) in [4.78, 5) is 9.59. The Balaban J connectivity index is 1.18. The van der Waals surface area contributed by atoms with Crippen LogP contribution in [0.25, 0.3) is 17.1 Å². The molecule has 4 N–H and O–H groups in total. The molecule has 34 heavy (non-hydrogen) atoms. The van der Waals surface area contributed by atoms with Crippen LogP contribution in [0.3, 0.4) is 0 Å². The van der Waals surface area contributed by atoms with Crippen LogP contribution in [0.2, 0.25) is 0 Å². The molecule has 1 aromatic heterocycles. The summed E-state index contributed by atoms with van der Waals surface area (Å²) in [6.45, 7) is 4.17. The lowest BCUT2D eigenvalue weighted by Gasteiger charge is -2.17. The molecular formula is C26H28N6OS. The van der Waals surface area contributed by atoms with E-state index in [9.17, 15) is 0 Å². The lowest BCUT2D eigenvalue weighted by atomic mass is 10.0. The van der Waals surface area contributed by atoms with Gasteiger partial charge in [0.2, 0.25) is 5.82 Å². The lowest BCUT2D eigenvalue weighted by Crippen LogP contribution is -2.09. The maximum absolute atomic E-state index is 5.58. The van der Waals surface area contributed by atoms with Crippen molar-refractivity contribution in [2.24, 2.45) is 16.1 Å². The van der Waals surface area contributed by atoms with E-state index in [0.717, 1.165) is 21.8 Å². The largest absolute Gasteiger partial charge is 0.403 e. The van der Waals surface area contributed by atoms with Crippen LogP contribution >= 0.6 is 11.9 Å². The summed E-state index contributed by atoms with van der Waals surface area (Å²) in [6.07, 6.45) is 8.06. The molecule has 2 aliphatic carbocycles. The number of aromatic nitrogens is 2. The van der Waals surface area contributed by atoms with Crippen LogP contribution in [-0.2, 0) is 0 Å². The normalized spacial score (nSPS) is 16.5. The Morgan fingerprint density at radius 2 is 1.79 bits per heavy atom. The molecular weight excluding hydrogens is 444 g/mol. The molecule has 0 saturated heterocycles. The summed E-state index contributed by atoms with van der Waals surface area (Å²) in [5.41, 5.74) is 12.5. The lowest BCUT2D eigenvalue weighted by molar-refractivity contribution is 0.408. The molecule has 0 atom stereocenters. The first kappa shape index (κ1) is 22.3. The second kappa shape index (κ2) is 9.38. The van der Waals surface area contributed by atoms with Gasteiger partial charge in [0.25, 0.3) is 5.89 Å². The number of hydrogen-bond acceptors (Lipinski definition) is 8. The van der Waals surface area contributed by atoms with E-state index in [1.165, 1.54) is 37.6 Å². The third kappa shape index (κ3) is 5.02. The van der Waals surface area contributed by atoms with Crippen molar-refractivity contribution in [2.75, 3.05) is 10.0 Å². The van der Waals surface area contributed by atoms with Gasteiger partial charge in [-0.25, -0.2) is 0 Å². The van der Waals surface area contributed by atoms with E-state index in [0.29, 0.717) is 22.8 Å². The molecule has 0 unspecified atom stereocenters. The van der Waals surface area contributed by atoms with Crippen LogP contribution in [0.5, 0.6) is 0 Å². The minimum absolute atomic E-state index is 0.292. The summed E-state index contributed by atoms with van der Waals surface area (Å²) >= 11 is 1.56. The van der Waals surface area contributed by atoms with Gasteiger partial charge in [0.15, 0.2) is 0 Å². The van der Waals surface area contributed by atoms with E-state index >= 15 is 0 Å². The van der Waals surface area contributed by atoms with Gasteiger partial charge in [0.05, 0.1) is 0 Å². The van der Waals surface area contributed by atoms with Crippen LogP contribution in [0.1, 0.15) is 45.4 Å². The standard InChI is InChI=1S/C26H28N6OS/c1-3-28-22(16-27)25-30-24(31-33-25)18-6-12-21(13-7-18)34-32-20-10-8-19(9-11-20)29-23(17-4-5-17)26(2)14-15-26/h3,6-13,16,29,32H,4-5,14-15,27H2,1-2H3/b22-16-,28-3?. The van der Waals surface area contributed by atoms with E-state index < -0.39 is 0 Å². The smallest absolute Gasteiger partial charge is 0.278 e. The molecule has 0 aliphatic heterocycles. The van der Waals surface area contributed by atoms with Crippen LogP contribution in [0.15, 0.2) is 80.4 Å². The molecule has 2 aliphatic rings. The fraction of sp³-hybridized carbons (Fsp3) is 0.269. The highest BCUT2D eigenvalue weighted by atomic mass is 32.2. The molecule has 174 valence electrons. The van der Waals surface area contributed by atoms with Gasteiger partial charge >= 0.3 is 0 Å². The van der Waals surface area contributed by atoms with Gasteiger partial charge in [-0.05, 0) is 98.7 Å². The van der Waals surface area contributed by atoms with E-state index in [2.05, 4.69) is 56.4 Å². The molecule has 0 bridgehead atoms. The summed E-state index contributed by atoms with van der Waals surface area (Å²) in [5, 5.41) is 7.73. The molecule has 3 aromatic rings. The third-order valence-electron chi connectivity index (χ3n) is 6.08. The molecule has 5 rings (SSSR count). The topological polar surface area (TPSA) is 101 Å². The number of nitrogens with two attached hydrogens (primary N) is 1. The average Bonchev–Trinajstić information content (AvgIpc) is 3.79. The highest BCUT2D eigenvalue weighted by Gasteiger charge is 2.44. The molecule has 2 aromatic carbocycles. The number of allylic oxidation sites excluding steroid dienone is 2. The first-order valence-corrected chi connectivity index (χ1v) is 12.3. The Kier molecular flexibility index (Phi) is 6.15. The van der Waals surface area contributed by atoms with Gasteiger partial charge < -0.3 is 20.3 Å². The third-order valence-corrected chi connectivity index (χ3v) is 6.93. The molecule has 2 saturated carbocycles. The second-order valence-electron chi connectivity index (χ2n) is 8.83. The van der Waals surface area contributed by atoms with Gasteiger partial charge in [0.1, 0.15) is 5.70 Å². The summed E-state index contributed by atoms with van der Waals surface area (Å²) in [6, 6.07) is 16.5. The van der Waals surface area contributed by atoms with Crippen molar-refractivity contribution in [3.63, 3.8) is 0 Å². The maximum atomic E-state index is 5.58. The molecule has 7 nitrogen and oxygen atoms in total. The van der Waals surface area contributed by atoms with Crippen molar-refractivity contribution in [2.45, 2.75) is 44.4 Å². The quantitative estimate of drug-likeness (QED) is 0.242. The molecule has 0 amide bonds. The van der Waals surface area contributed by atoms with E-state index in [4.69, 9.17) is 10.3 Å². The van der Waals surface area contributed by atoms with Gasteiger partial charge in [-0.3, -0.25) is 4.99 Å². The molecule has 0 radical (unpaired) electrons. The van der Waals surface area contributed by atoms with Gasteiger partial charge in [-0.1, -0.05) is 12.1 Å². The number of anilines is 2. The van der Waals surface area contributed by atoms with E-state index in [1.54, 1.807) is 30.7 Å². The SMILES string of the molecule is CC=N/C(=C\N)c1nc(-c2ccc(SNc3ccc(NC(=C4CC4)C4(C)CC4)cc3)cc2)no1. The Bertz CT molecular complexity index is 1250. The van der Waals surface area contributed by atoms with E-state index in [-0.39, 0.29) is 0 Å². The van der Waals surface area contributed by atoms with Crippen molar-refractivity contribution in [3.8, 4) is 11.4 Å². The maximum Gasteiger partial charge on any atom is 0.278 e. The number of rotatable bonds is 9. The Hall–Kier alpha value is -3.52. The highest BCUT2D eigenvalue weighted by Crippen LogP contribution is 2.55. The van der Waals surface area contributed by atoms with Crippen molar-refractivity contribution in [1.29, 1.82) is 0 Å². The van der Waals surface area contributed by atoms with Crippen LogP contribution in [-0.4, -0.2) is 16.4 Å². The summed E-state index contributed by atoms with van der Waals surface area (Å²) in [5.74, 6) is 0.786. The minimum Gasteiger partial charge on any atom is -0.403 e. The fourth-order valence-corrected chi connectivity index (χ4v) is 4.37. The predicted molar refractivity (Wildman–Crippen MR) is 139 cm³/mol. The molecule has 1 heterocycles. The Labute approximate surface area is 203 Å². The number of benzene rings is 2. The fourth-order valence-electron chi connectivity index (χ4n) is 3.73. The predicted octanol–water partition coefficient (Wildman–Crippen LogP) is 6.46. The first-order valence-electron chi connectivity index (χ1n) is 11.5. The van der Waals surface area contributed by atoms with Crippen LogP contribution in [0, 0.1) is 5.41 Å².